The van der Waals surface area contributed by atoms with Gasteiger partial charge in [0.15, 0.2) is 0 Å². The summed E-state index contributed by atoms with van der Waals surface area (Å²) in [5, 5.41) is 12.3. The second kappa shape index (κ2) is 7.90. The maximum Gasteiger partial charge on any atom is 0.307 e. The Morgan fingerprint density at radius 1 is 1.29 bits per heavy atom. The van der Waals surface area contributed by atoms with E-state index < -0.39 is 12.0 Å². The first-order valence-electron chi connectivity index (χ1n) is 8.58. The molecule has 0 radical (unpaired) electrons. The quantitative estimate of drug-likeness (QED) is 0.721. The fourth-order valence-electron chi connectivity index (χ4n) is 3.08. The summed E-state index contributed by atoms with van der Waals surface area (Å²) in [6, 6.07) is 9.22. The van der Waals surface area contributed by atoms with Crippen LogP contribution in [0.3, 0.4) is 0 Å². The number of aryl methyl sites for hydroxylation is 1. The predicted molar refractivity (Wildman–Crippen MR) is 105 cm³/mol. The van der Waals surface area contributed by atoms with Crippen molar-refractivity contribution in [1.29, 1.82) is 0 Å². The number of halogens is 1. The topological polar surface area (TPSA) is 95.9 Å². The third-order valence-corrected chi connectivity index (χ3v) is 4.91. The van der Waals surface area contributed by atoms with Gasteiger partial charge in [-0.1, -0.05) is 23.7 Å². The van der Waals surface area contributed by atoms with Gasteiger partial charge in [0, 0.05) is 16.8 Å². The van der Waals surface area contributed by atoms with Crippen molar-refractivity contribution in [2.45, 2.75) is 25.8 Å². The number of carbonyl (C=O) groups excluding carboxylic acids is 2. The van der Waals surface area contributed by atoms with Gasteiger partial charge in [-0.2, -0.15) is 0 Å². The normalized spacial score (nSPS) is 16.4. The first-order chi connectivity index (χ1) is 13.3. The van der Waals surface area contributed by atoms with Gasteiger partial charge in [0.25, 0.3) is 5.91 Å². The Kier molecular flexibility index (Phi) is 5.56. The van der Waals surface area contributed by atoms with E-state index in [1.165, 1.54) is 7.11 Å². The highest BCUT2D eigenvalue weighted by molar-refractivity contribution is 6.32. The fourth-order valence-corrected chi connectivity index (χ4v) is 3.23. The van der Waals surface area contributed by atoms with Crippen LogP contribution in [0.25, 0.3) is 0 Å². The zero-order chi connectivity index (χ0) is 20.4. The van der Waals surface area contributed by atoms with Gasteiger partial charge in [0.05, 0.1) is 25.6 Å². The molecule has 0 saturated carbocycles. The molecule has 1 aliphatic heterocycles. The third-order valence-electron chi connectivity index (χ3n) is 4.50. The second-order valence-corrected chi connectivity index (χ2v) is 6.92. The van der Waals surface area contributed by atoms with Crippen molar-refractivity contribution in [3.63, 3.8) is 0 Å². The van der Waals surface area contributed by atoms with E-state index in [1.807, 2.05) is 0 Å². The Bertz CT molecular complexity index is 942. The van der Waals surface area contributed by atoms with E-state index in [1.54, 1.807) is 43.3 Å². The number of carbonyl (C=O) groups is 3. The van der Waals surface area contributed by atoms with E-state index in [0.717, 1.165) is 10.5 Å². The van der Waals surface area contributed by atoms with Crippen molar-refractivity contribution in [3.05, 3.63) is 52.5 Å². The van der Waals surface area contributed by atoms with E-state index in [2.05, 4.69) is 5.32 Å². The van der Waals surface area contributed by atoms with Gasteiger partial charge in [-0.3, -0.25) is 14.4 Å². The summed E-state index contributed by atoms with van der Waals surface area (Å²) >= 11 is 6.11. The molecule has 8 heteroatoms. The number of amides is 2. The molecule has 0 bridgehead atoms. The summed E-state index contributed by atoms with van der Waals surface area (Å²) in [7, 11) is 1.45. The van der Waals surface area contributed by atoms with Crippen molar-refractivity contribution in [3.8, 4) is 5.75 Å². The molecule has 0 spiro atoms. The number of hydrogen-bond donors (Lipinski definition) is 2. The highest BCUT2D eigenvalue weighted by Crippen LogP contribution is 2.36. The largest absolute Gasteiger partial charge is 0.495 e. The van der Waals surface area contributed by atoms with E-state index in [0.29, 0.717) is 27.7 Å². The molecule has 2 aromatic rings. The summed E-state index contributed by atoms with van der Waals surface area (Å²) in [4.78, 5) is 37.3. The number of benzene rings is 2. The Hall–Kier alpha value is -3.06. The standard InChI is InChI=1S/C20H19ClN2O5/c1-11-7-16(17(28-2)9-14(11)21)23-18(24)10-15(20(23)27)22-13-5-3-12(4-6-13)8-19(25)26/h3-7,9,15,22H,8,10H2,1-2H3,(H,25,26). The third kappa shape index (κ3) is 3.94. The predicted octanol–water partition coefficient (Wildman–Crippen LogP) is 3.03. The lowest BCUT2D eigenvalue weighted by Gasteiger charge is -2.19. The van der Waals surface area contributed by atoms with Crippen LogP contribution in [0.5, 0.6) is 5.75 Å². The number of imide groups is 1. The lowest BCUT2D eigenvalue weighted by atomic mass is 10.1. The van der Waals surface area contributed by atoms with Crippen LogP contribution in [0.1, 0.15) is 17.5 Å². The number of carboxylic acids is 1. The number of carboxylic acid groups (broad SMARTS) is 1. The van der Waals surface area contributed by atoms with E-state index in [-0.39, 0.29) is 24.7 Å². The van der Waals surface area contributed by atoms with E-state index in [4.69, 9.17) is 21.4 Å². The van der Waals surface area contributed by atoms with Gasteiger partial charge in [0.1, 0.15) is 11.8 Å². The molecule has 1 saturated heterocycles. The smallest absolute Gasteiger partial charge is 0.307 e. The summed E-state index contributed by atoms with van der Waals surface area (Å²) in [5.74, 6) is -1.30. The number of hydrogen-bond acceptors (Lipinski definition) is 5. The average molecular weight is 403 g/mol. The van der Waals surface area contributed by atoms with Gasteiger partial charge in [0.2, 0.25) is 5.91 Å². The molecule has 2 N–H and O–H groups in total. The van der Waals surface area contributed by atoms with Crippen LogP contribution in [-0.4, -0.2) is 36.0 Å². The second-order valence-electron chi connectivity index (χ2n) is 6.51. The van der Waals surface area contributed by atoms with E-state index in [9.17, 15) is 14.4 Å². The lowest BCUT2D eigenvalue weighted by molar-refractivity contribution is -0.136. The summed E-state index contributed by atoms with van der Waals surface area (Å²) in [6.45, 7) is 1.78. The van der Waals surface area contributed by atoms with Crippen molar-refractivity contribution >= 4 is 40.8 Å². The number of ether oxygens (including phenoxy) is 1. The molecular weight excluding hydrogens is 384 g/mol. The minimum atomic E-state index is -0.917. The summed E-state index contributed by atoms with van der Waals surface area (Å²) in [6.07, 6.45) is -0.0782. The highest BCUT2D eigenvalue weighted by atomic mass is 35.5. The molecule has 1 aliphatic rings. The van der Waals surface area contributed by atoms with E-state index >= 15 is 0 Å². The van der Waals surface area contributed by atoms with Crippen LogP contribution in [0.4, 0.5) is 11.4 Å². The zero-order valence-corrected chi connectivity index (χ0v) is 16.1. The van der Waals surface area contributed by atoms with Crippen LogP contribution in [-0.2, 0) is 20.8 Å². The molecule has 1 atom stereocenters. The maximum absolute atomic E-state index is 12.9. The van der Waals surface area contributed by atoms with Crippen LogP contribution < -0.4 is 15.0 Å². The minimum absolute atomic E-state index is 0.000535. The number of nitrogens with one attached hydrogen (secondary N) is 1. The number of nitrogens with zero attached hydrogens (tertiary/aromatic N) is 1. The number of anilines is 2. The molecule has 1 fully saturated rings. The lowest BCUT2D eigenvalue weighted by Crippen LogP contribution is -2.35. The first-order valence-corrected chi connectivity index (χ1v) is 8.96. The Morgan fingerprint density at radius 3 is 2.57 bits per heavy atom. The van der Waals surface area contributed by atoms with Crippen LogP contribution in [0, 0.1) is 6.92 Å². The summed E-state index contributed by atoms with van der Waals surface area (Å²) in [5.41, 5.74) is 2.36. The van der Waals surface area contributed by atoms with Gasteiger partial charge in [-0.25, -0.2) is 4.90 Å². The first kappa shape index (κ1) is 19.7. The van der Waals surface area contributed by atoms with Crippen molar-refractivity contribution in [2.75, 3.05) is 17.3 Å². The molecule has 2 amide bonds. The fraction of sp³-hybridized carbons (Fsp3) is 0.250. The molecule has 146 valence electrons. The molecule has 7 nitrogen and oxygen atoms in total. The zero-order valence-electron chi connectivity index (χ0n) is 15.4. The Balaban J connectivity index is 1.81. The SMILES string of the molecule is COc1cc(Cl)c(C)cc1N1C(=O)CC(Nc2ccc(CC(=O)O)cc2)C1=O. The van der Waals surface area contributed by atoms with Crippen LogP contribution >= 0.6 is 11.6 Å². The van der Waals surface area contributed by atoms with Crippen LogP contribution in [0.2, 0.25) is 5.02 Å². The highest BCUT2D eigenvalue weighted by Gasteiger charge is 2.41. The summed E-state index contributed by atoms with van der Waals surface area (Å²) < 4.78 is 5.29. The monoisotopic (exact) mass is 402 g/mol. The average Bonchev–Trinajstić information content (AvgIpc) is 2.91. The molecule has 1 unspecified atom stereocenters. The molecular formula is C20H19ClN2O5. The van der Waals surface area contributed by atoms with Crippen molar-refractivity contribution < 1.29 is 24.2 Å². The molecule has 0 aliphatic carbocycles. The Labute approximate surface area is 166 Å². The van der Waals surface area contributed by atoms with Gasteiger partial charge < -0.3 is 15.2 Å². The molecule has 3 rings (SSSR count). The molecule has 2 aromatic carbocycles. The maximum atomic E-state index is 12.9. The molecule has 0 aromatic heterocycles. The van der Waals surface area contributed by atoms with Crippen LogP contribution in [0.15, 0.2) is 36.4 Å². The van der Waals surface area contributed by atoms with Gasteiger partial charge in [-0.05, 0) is 36.2 Å². The molecule has 1 heterocycles. The van der Waals surface area contributed by atoms with Crippen molar-refractivity contribution in [1.82, 2.24) is 0 Å². The Morgan fingerprint density at radius 2 is 1.96 bits per heavy atom. The number of methoxy groups -OCH3 is 1. The van der Waals surface area contributed by atoms with Crippen molar-refractivity contribution in [2.24, 2.45) is 0 Å². The molecule has 28 heavy (non-hydrogen) atoms. The number of rotatable bonds is 6. The number of aliphatic carboxylic acids is 1. The van der Waals surface area contributed by atoms with Gasteiger partial charge >= 0.3 is 5.97 Å². The minimum Gasteiger partial charge on any atom is -0.495 e. The van der Waals surface area contributed by atoms with Gasteiger partial charge in [-0.15, -0.1) is 0 Å².